The van der Waals surface area contributed by atoms with Gasteiger partial charge in [-0.3, -0.25) is 4.79 Å². The lowest BCUT2D eigenvalue weighted by Gasteiger charge is -2.30. The fraction of sp³-hybridized carbons (Fsp3) is 0.214. The van der Waals surface area contributed by atoms with E-state index in [9.17, 15) is 17.6 Å². The molecule has 0 unspecified atom stereocenters. The second-order valence-corrected chi connectivity index (χ2v) is 11.7. The zero-order valence-corrected chi connectivity index (χ0v) is 22.4. The molecule has 0 radical (unpaired) electrons. The first-order chi connectivity index (χ1) is 19.2. The summed E-state index contributed by atoms with van der Waals surface area (Å²) in [4.78, 5) is 16.5. The molecule has 0 atom stereocenters. The van der Waals surface area contributed by atoms with Crippen molar-refractivity contribution >= 4 is 21.6 Å². The third-order valence-electron chi connectivity index (χ3n) is 7.22. The number of aryl methyl sites for hydroxylation is 1. The Kier molecular flexibility index (Phi) is 6.43. The Bertz CT molecular complexity index is 1840. The minimum Gasteiger partial charge on any atom is -0.365 e. The van der Waals surface area contributed by atoms with E-state index in [2.05, 4.69) is 10.1 Å². The molecule has 204 valence electrons. The zero-order valence-electron chi connectivity index (χ0n) is 21.6. The van der Waals surface area contributed by atoms with Crippen LogP contribution in [0.2, 0.25) is 0 Å². The molecule has 4 heterocycles. The fourth-order valence-electron chi connectivity index (χ4n) is 5.13. The van der Waals surface area contributed by atoms with Gasteiger partial charge in [-0.25, -0.2) is 27.0 Å². The molecule has 1 fully saturated rings. The fourth-order valence-corrected chi connectivity index (χ4v) is 6.66. The SMILES string of the molecule is Cc1ccc(-n2nc(C3CCN(S(=O)(=O)c4ccccc4F)CC3)cc2-c2nn3cccnc3c2C(N)=O)cc1. The molecule has 1 aliphatic rings. The van der Waals surface area contributed by atoms with E-state index < -0.39 is 21.7 Å². The van der Waals surface area contributed by atoms with Crippen molar-refractivity contribution in [3.63, 3.8) is 0 Å². The predicted octanol–water partition coefficient (Wildman–Crippen LogP) is 3.70. The average molecular weight is 560 g/mol. The van der Waals surface area contributed by atoms with Crippen molar-refractivity contribution in [2.75, 3.05) is 13.1 Å². The topological polar surface area (TPSA) is 128 Å². The molecule has 0 bridgehead atoms. The summed E-state index contributed by atoms with van der Waals surface area (Å²) in [6, 6.07) is 16.8. The van der Waals surface area contributed by atoms with Gasteiger partial charge in [-0.2, -0.15) is 14.5 Å². The Labute approximate surface area is 229 Å². The molecule has 3 aromatic heterocycles. The maximum atomic E-state index is 14.3. The summed E-state index contributed by atoms with van der Waals surface area (Å²) < 4.78 is 45.0. The van der Waals surface area contributed by atoms with Gasteiger partial charge in [0.25, 0.3) is 5.91 Å². The number of hydrogen-bond acceptors (Lipinski definition) is 6. The number of rotatable bonds is 6. The summed E-state index contributed by atoms with van der Waals surface area (Å²) in [5, 5.41) is 9.53. The number of carbonyl (C=O) groups excluding carboxylic acids is 1. The highest BCUT2D eigenvalue weighted by Gasteiger charge is 2.33. The lowest BCUT2D eigenvalue weighted by atomic mass is 9.94. The third-order valence-corrected chi connectivity index (χ3v) is 9.15. The molecule has 0 aliphatic carbocycles. The van der Waals surface area contributed by atoms with E-state index in [-0.39, 0.29) is 29.5 Å². The van der Waals surface area contributed by atoms with E-state index in [0.29, 0.717) is 29.9 Å². The van der Waals surface area contributed by atoms with Crippen molar-refractivity contribution in [2.45, 2.75) is 30.6 Å². The lowest BCUT2D eigenvalue weighted by Crippen LogP contribution is -2.38. The van der Waals surface area contributed by atoms with Gasteiger partial charge < -0.3 is 5.73 Å². The van der Waals surface area contributed by atoms with Crippen LogP contribution in [0.4, 0.5) is 4.39 Å². The monoisotopic (exact) mass is 559 g/mol. The van der Waals surface area contributed by atoms with Crippen LogP contribution in [0.1, 0.15) is 40.4 Å². The molecule has 6 rings (SSSR count). The number of piperidine rings is 1. The van der Waals surface area contributed by atoms with Crippen LogP contribution in [0.15, 0.2) is 78.0 Å². The minimum absolute atomic E-state index is 0.0651. The second kappa shape index (κ2) is 9.96. The molecular weight excluding hydrogens is 533 g/mol. The first-order valence-electron chi connectivity index (χ1n) is 12.8. The van der Waals surface area contributed by atoms with Crippen molar-refractivity contribution in [1.29, 1.82) is 0 Å². The normalized spacial score (nSPS) is 15.1. The molecule has 1 amide bonds. The summed E-state index contributed by atoms with van der Waals surface area (Å²) in [5.41, 5.74) is 9.82. The summed E-state index contributed by atoms with van der Waals surface area (Å²) in [7, 11) is -3.96. The number of nitrogens with two attached hydrogens (primary N) is 1. The number of aromatic nitrogens is 5. The average Bonchev–Trinajstić information content (AvgIpc) is 3.56. The van der Waals surface area contributed by atoms with E-state index >= 15 is 0 Å². The van der Waals surface area contributed by atoms with Crippen molar-refractivity contribution in [3.8, 4) is 17.1 Å². The van der Waals surface area contributed by atoms with Gasteiger partial charge >= 0.3 is 0 Å². The number of benzene rings is 2. The molecule has 2 aromatic carbocycles. The maximum absolute atomic E-state index is 14.3. The van der Waals surface area contributed by atoms with Crippen LogP contribution in [-0.2, 0) is 10.0 Å². The van der Waals surface area contributed by atoms with Crippen LogP contribution in [-0.4, -0.2) is 56.1 Å². The Hall–Kier alpha value is -4.42. The highest BCUT2D eigenvalue weighted by Crippen LogP contribution is 2.35. The van der Waals surface area contributed by atoms with Crippen molar-refractivity contribution in [3.05, 3.63) is 95.7 Å². The number of amides is 1. The number of sulfonamides is 1. The molecule has 40 heavy (non-hydrogen) atoms. The summed E-state index contributed by atoms with van der Waals surface area (Å²) >= 11 is 0. The lowest BCUT2D eigenvalue weighted by molar-refractivity contribution is 0.100. The number of hydrogen-bond donors (Lipinski definition) is 1. The van der Waals surface area contributed by atoms with Gasteiger partial charge in [0.2, 0.25) is 10.0 Å². The number of carbonyl (C=O) groups is 1. The van der Waals surface area contributed by atoms with Gasteiger partial charge in [0.05, 0.1) is 17.1 Å². The molecule has 10 nitrogen and oxygen atoms in total. The van der Waals surface area contributed by atoms with E-state index in [4.69, 9.17) is 10.8 Å². The van der Waals surface area contributed by atoms with Gasteiger partial charge in [0.1, 0.15) is 22.0 Å². The van der Waals surface area contributed by atoms with Crippen LogP contribution < -0.4 is 5.73 Å². The number of halogens is 1. The van der Waals surface area contributed by atoms with Crippen molar-refractivity contribution in [1.82, 2.24) is 28.7 Å². The second-order valence-electron chi connectivity index (χ2n) is 9.79. The molecule has 1 saturated heterocycles. The minimum atomic E-state index is -3.96. The quantitative estimate of drug-likeness (QED) is 0.338. The molecule has 1 aliphatic heterocycles. The van der Waals surface area contributed by atoms with E-state index in [0.717, 1.165) is 23.0 Å². The zero-order chi connectivity index (χ0) is 28.0. The molecule has 0 saturated carbocycles. The highest BCUT2D eigenvalue weighted by molar-refractivity contribution is 7.89. The molecule has 12 heteroatoms. The van der Waals surface area contributed by atoms with E-state index in [1.165, 1.54) is 27.0 Å². The van der Waals surface area contributed by atoms with Crippen molar-refractivity contribution in [2.24, 2.45) is 5.73 Å². The Morgan fingerprint density at radius 1 is 1.02 bits per heavy atom. The number of nitrogens with zero attached hydrogens (tertiary/aromatic N) is 6. The van der Waals surface area contributed by atoms with Crippen LogP contribution >= 0.6 is 0 Å². The number of fused-ring (bicyclic) bond motifs is 1. The van der Waals surface area contributed by atoms with Crippen LogP contribution in [0.3, 0.4) is 0 Å². The summed E-state index contributed by atoms with van der Waals surface area (Å²) in [6.07, 6.45) is 4.25. The Balaban J connectivity index is 1.38. The Morgan fingerprint density at radius 2 is 1.75 bits per heavy atom. The van der Waals surface area contributed by atoms with Gasteiger partial charge in [-0.15, -0.1) is 0 Å². The van der Waals surface area contributed by atoms with Crippen LogP contribution in [0.5, 0.6) is 0 Å². The smallest absolute Gasteiger partial charge is 0.254 e. The van der Waals surface area contributed by atoms with Crippen LogP contribution in [0.25, 0.3) is 22.7 Å². The molecule has 5 aromatic rings. The van der Waals surface area contributed by atoms with E-state index in [1.54, 1.807) is 23.1 Å². The first-order valence-corrected chi connectivity index (χ1v) is 14.2. The van der Waals surface area contributed by atoms with Crippen molar-refractivity contribution < 1.29 is 17.6 Å². The van der Waals surface area contributed by atoms with Gasteiger partial charge in [0.15, 0.2) is 5.65 Å². The predicted molar refractivity (Wildman–Crippen MR) is 146 cm³/mol. The molecule has 2 N–H and O–H groups in total. The first kappa shape index (κ1) is 25.8. The summed E-state index contributed by atoms with van der Waals surface area (Å²) in [5.74, 6) is -1.49. The number of primary amides is 1. The molecule has 0 spiro atoms. The summed E-state index contributed by atoms with van der Waals surface area (Å²) in [6.45, 7) is 2.43. The maximum Gasteiger partial charge on any atom is 0.254 e. The van der Waals surface area contributed by atoms with Gasteiger partial charge in [-0.05, 0) is 56.2 Å². The standard InChI is InChI=1S/C28H26FN7O3S/c1-18-7-9-20(10-8-18)36-23(26-25(27(30)37)28-31-13-4-14-35(28)33-26)17-22(32-36)19-11-15-34(16-12-19)40(38,39)24-6-3-2-5-21(24)29/h2-10,13-14,17,19H,11-12,15-16H2,1H3,(H2,30,37). The largest absolute Gasteiger partial charge is 0.365 e. The highest BCUT2D eigenvalue weighted by atomic mass is 32.2. The molecular formula is C28H26FN7O3S. The third kappa shape index (κ3) is 4.44. The Morgan fingerprint density at radius 3 is 2.45 bits per heavy atom. The van der Waals surface area contributed by atoms with Gasteiger partial charge in [-0.1, -0.05) is 29.8 Å². The van der Waals surface area contributed by atoms with E-state index in [1.807, 2.05) is 37.3 Å². The van der Waals surface area contributed by atoms with Crippen LogP contribution in [0, 0.1) is 12.7 Å². The van der Waals surface area contributed by atoms with Gasteiger partial charge in [0, 0.05) is 31.4 Å².